The lowest BCUT2D eigenvalue weighted by Gasteiger charge is -2.16. The van der Waals surface area contributed by atoms with Crippen molar-refractivity contribution < 1.29 is 4.74 Å². The molecule has 0 bridgehead atoms. The first kappa shape index (κ1) is 15.4. The van der Waals surface area contributed by atoms with Crippen LogP contribution in [-0.2, 0) is 0 Å². The Kier molecular flexibility index (Phi) is 5.88. The smallest absolute Gasteiger partial charge is 0.124 e. The van der Waals surface area contributed by atoms with Gasteiger partial charge in [0.2, 0.25) is 0 Å². The molecule has 2 aromatic rings. The molecule has 0 saturated carbocycles. The first-order chi connectivity index (χ1) is 9.72. The van der Waals surface area contributed by atoms with Crippen LogP contribution in [0.4, 0.5) is 0 Å². The van der Waals surface area contributed by atoms with E-state index in [0.29, 0.717) is 6.61 Å². The number of benzene rings is 1. The third-order valence-electron chi connectivity index (χ3n) is 2.74. The highest BCUT2D eigenvalue weighted by molar-refractivity contribution is 9.10. The zero-order chi connectivity index (χ0) is 14.4. The van der Waals surface area contributed by atoms with Crippen LogP contribution in [-0.4, -0.2) is 17.3 Å². The second-order valence-electron chi connectivity index (χ2n) is 4.18. The molecule has 3 nitrogen and oxygen atoms in total. The van der Waals surface area contributed by atoms with Crippen LogP contribution < -0.4 is 10.5 Å². The van der Waals surface area contributed by atoms with Gasteiger partial charge in [0.05, 0.1) is 6.61 Å². The molecule has 0 radical (unpaired) electrons. The molecule has 0 spiro atoms. The van der Waals surface area contributed by atoms with Crippen LogP contribution in [0.25, 0.3) is 0 Å². The molecule has 0 aliphatic rings. The minimum absolute atomic E-state index is 0.0864. The maximum Gasteiger partial charge on any atom is 0.124 e. The second kappa shape index (κ2) is 7.67. The van der Waals surface area contributed by atoms with Gasteiger partial charge in [-0.15, -0.1) is 11.8 Å². The van der Waals surface area contributed by atoms with E-state index in [1.807, 2.05) is 43.3 Å². The highest BCUT2D eigenvalue weighted by atomic mass is 79.9. The predicted octanol–water partition coefficient (Wildman–Crippen LogP) is 4.03. The molecule has 5 heteroatoms. The number of thioether (sulfide) groups is 1. The molecule has 2 N–H and O–H groups in total. The van der Waals surface area contributed by atoms with E-state index in [0.717, 1.165) is 26.6 Å². The summed E-state index contributed by atoms with van der Waals surface area (Å²) in [5.74, 6) is 1.61. The fourth-order valence-corrected chi connectivity index (χ4v) is 3.27. The summed E-state index contributed by atoms with van der Waals surface area (Å²) < 4.78 is 6.62. The van der Waals surface area contributed by atoms with Crippen molar-refractivity contribution in [2.75, 3.05) is 12.4 Å². The quantitative estimate of drug-likeness (QED) is 0.797. The Balaban J connectivity index is 2.05. The zero-order valence-corrected chi connectivity index (χ0v) is 13.7. The van der Waals surface area contributed by atoms with Crippen molar-refractivity contribution in [3.05, 3.63) is 52.6 Å². The molecule has 1 aromatic carbocycles. The van der Waals surface area contributed by atoms with E-state index < -0.39 is 0 Å². The lowest BCUT2D eigenvalue weighted by molar-refractivity contribution is 0.335. The summed E-state index contributed by atoms with van der Waals surface area (Å²) in [6.07, 6.45) is 1.78. The Hall–Kier alpha value is -1.04. The molecule has 0 saturated heterocycles. The van der Waals surface area contributed by atoms with Crippen LogP contribution in [0.15, 0.2) is 52.1 Å². The standard InChI is InChI=1S/C15H17BrN2OS/c1-2-19-14-8-4-3-6-11(14)13(17)10-20-15-12(16)7-5-9-18-15/h3-9,13H,2,10,17H2,1H3. The van der Waals surface area contributed by atoms with Gasteiger partial charge < -0.3 is 10.5 Å². The van der Waals surface area contributed by atoms with Crippen LogP contribution in [0.5, 0.6) is 5.75 Å². The van der Waals surface area contributed by atoms with E-state index in [2.05, 4.69) is 20.9 Å². The maximum atomic E-state index is 6.28. The van der Waals surface area contributed by atoms with Crippen molar-refractivity contribution >= 4 is 27.7 Å². The third kappa shape index (κ3) is 3.98. The zero-order valence-electron chi connectivity index (χ0n) is 11.3. The average Bonchev–Trinajstić information content (AvgIpc) is 2.47. The number of pyridine rings is 1. The van der Waals surface area contributed by atoms with Crippen LogP contribution in [0, 0.1) is 0 Å². The van der Waals surface area contributed by atoms with E-state index in [4.69, 9.17) is 10.5 Å². The summed E-state index contributed by atoms with van der Waals surface area (Å²) in [7, 11) is 0. The molecule has 0 fully saturated rings. The van der Waals surface area contributed by atoms with Crippen molar-refractivity contribution in [2.45, 2.75) is 18.0 Å². The van der Waals surface area contributed by atoms with Crippen LogP contribution >= 0.6 is 27.7 Å². The molecule has 2 rings (SSSR count). The second-order valence-corrected chi connectivity index (χ2v) is 6.04. The van der Waals surface area contributed by atoms with E-state index in [-0.39, 0.29) is 6.04 Å². The molecule has 1 atom stereocenters. The fraction of sp³-hybridized carbons (Fsp3) is 0.267. The summed E-state index contributed by atoms with van der Waals surface area (Å²) in [5, 5.41) is 0.955. The van der Waals surface area contributed by atoms with Gasteiger partial charge in [-0.3, -0.25) is 0 Å². The van der Waals surface area contributed by atoms with Gasteiger partial charge in [0.25, 0.3) is 0 Å². The van der Waals surface area contributed by atoms with Gasteiger partial charge in [0, 0.05) is 28.0 Å². The SMILES string of the molecule is CCOc1ccccc1C(N)CSc1ncccc1Br. The summed E-state index contributed by atoms with van der Waals surface area (Å²) >= 11 is 5.13. The van der Waals surface area contributed by atoms with Gasteiger partial charge >= 0.3 is 0 Å². The van der Waals surface area contributed by atoms with Crippen molar-refractivity contribution in [3.8, 4) is 5.75 Å². The van der Waals surface area contributed by atoms with E-state index in [1.165, 1.54) is 0 Å². The van der Waals surface area contributed by atoms with Crippen LogP contribution in [0.1, 0.15) is 18.5 Å². The number of rotatable bonds is 6. The molecule has 1 unspecified atom stereocenters. The lowest BCUT2D eigenvalue weighted by atomic mass is 10.1. The number of hydrogen-bond donors (Lipinski definition) is 1. The van der Waals surface area contributed by atoms with E-state index >= 15 is 0 Å². The number of para-hydroxylation sites is 1. The number of nitrogens with two attached hydrogens (primary N) is 1. The third-order valence-corrected chi connectivity index (χ3v) is 4.77. The van der Waals surface area contributed by atoms with Gasteiger partial charge in [-0.1, -0.05) is 18.2 Å². The van der Waals surface area contributed by atoms with Gasteiger partial charge in [0.1, 0.15) is 10.8 Å². The van der Waals surface area contributed by atoms with Gasteiger partial charge in [0.15, 0.2) is 0 Å². The summed E-state index contributed by atoms with van der Waals surface area (Å²) in [6.45, 7) is 2.62. The first-order valence-electron chi connectivity index (χ1n) is 6.43. The number of hydrogen-bond acceptors (Lipinski definition) is 4. The molecule has 0 aliphatic heterocycles. The fourth-order valence-electron chi connectivity index (χ4n) is 1.81. The van der Waals surface area contributed by atoms with Crippen molar-refractivity contribution in [3.63, 3.8) is 0 Å². The lowest BCUT2D eigenvalue weighted by Crippen LogP contribution is -2.14. The van der Waals surface area contributed by atoms with Crippen molar-refractivity contribution in [1.29, 1.82) is 0 Å². The Bertz CT molecular complexity index is 565. The van der Waals surface area contributed by atoms with Crippen molar-refractivity contribution in [1.82, 2.24) is 4.98 Å². The Labute approximate surface area is 132 Å². The number of halogens is 1. The minimum Gasteiger partial charge on any atom is -0.494 e. The summed E-state index contributed by atoms with van der Waals surface area (Å²) in [6, 6.07) is 11.7. The molecule has 1 heterocycles. The van der Waals surface area contributed by atoms with Crippen molar-refractivity contribution in [2.24, 2.45) is 5.73 Å². The van der Waals surface area contributed by atoms with Crippen LogP contribution in [0.3, 0.4) is 0 Å². The Morgan fingerprint density at radius 3 is 2.85 bits per heavy atom. The highest BCUT2D eigenvalue weighted by Gasteiger charge is 2.13. The van der Waals surface area contributed by atoms with Gasteiger partial charge in [-0.25, -0.2) is 4.98 Å². The number of nitrogens with zero attached hydrogens (tertiary/aromatic N) is 1. The van der Waals surface area contributed by atoms with Gasteiger partial charge in [-0.2, -0.15) is 0 Å². The number of ether oxygens (including phenoxy) is 1. The first-order valence-corrected chi connectivity index (χ1v) is 8.21. The van der Waals surface area contributed by atoms with Crippen LogP contribution in [0.2, 0.25) is 0 Å². The molecule has 0 aliphatic carbocycles. The largest absolute Gasteiger partial charge is 0.494 e. The molecule has 0 amide bonds. The predicted molar refractivity (Wildman–Crippen MR) is 87.2 cm³/mol. The normalized spacial score (nSPS) is 12.2. The Morgan fingerprint density at radius 2 is 2.10 bits per heavy atom. The Morgan fingerprint density at radius 1 is 1.30 bits per heavy atom. The van der Waals surface area contributed by atoms with E-state index in [9.17, 15) is 0 Å². The molecule has 20 heavy (non-hydrogen) atoms. The molecular formula is C15H17BrN2OS. The maximum absolute atomic E-state index is 6.28. The molecule has 1 aromatic heterocycles. The highest BCUT2D eigenvalue weighted by Crippen LogP contribution is 2.30. The molecular weight excluding hydrogens is 336 g/mol. The average molecular weight is 353 g/mol. The van der Waals surface area contributed by atoms with Gasteiger partial charge in [-0.05, 0) is 41.1 Å². The summed E-state index contributed by atoms with van der Waals surface area (Å²) in [5.41, 5.74) is 7.32. The monoisotopic (exact) mass is 352 g/mol. The topological polar surface area (TPSA) is 48.1 Å². The summed E-state index contributed by atoms with van der Waals surface area (Å²) in [4.78, 5) is 4.33. The number of aromatic nitrogens is 1. The van der Waals surface area contributed by atoms with E-state index in [1.54, 1.807) is 18.0 Å². The minimum atomic E-state index is -0.0864. The molecule has 106 valence electrons.